The molecule has 0 saturated carbocycles. The van der Waals surface area contributed by atoms with Crippen LogP contribution in [0.1, 0.15) is 35.3 Å². The van der Waals surface area contributed by atoms with E-state index in [9.17, 15) is 4.79 Å². The van der Waals surface area contributed by atoms with Gasteiger partial charge in [-0.3, -0.25) is 4.79 Å². The van der Waals surface area contributed by atoms with Gasteiger partial charge >= 0.3 is 0 Å². The van der Waals surface area contributed by atoms with Crippen molar-refractivity contribution in [3.05, 3.63) is 87.9 Å². The molecular formula is C25H25BrN2O4. The summed E-state index contributed by atoms with van der Waals surface area (Å²) in [5.41, 5.74) is 4.83. The molecule has 0 aromatic heterocycles. The maximum atomic E-state index is 12.5. The smallest absolute Gasteiger partial charge is 0.271 e. The topological polar surface area (TPSA) is 69.2 Å². The summed E-state index contributed by atoms with van der Waals surface area (Å²) in [6, 6.07) is 20.5. The lowest BCUT2D eigenvalue weighted by atomic mass is 10.2. The van der Waals surface area contributed by atoms with Gasteiger partial charge < -0.3 is 14.2 Å². The Morgan fingerprint density at radius 3 is 2.34 bits per heavy atom. The molecule has 0 spiro atoms. The van der Waals surface area contributed by atoms with E-state index in [1.165, 1.54) is 0 Å². The summed E-state index contributed by atoms with van der Waals surface area (Å²) >= 11 is 3.46. The van der Waals surface area contributed by atoms with Crippen LogP contribution in [0.5, 0.6) is 17.2 Å². The van der Waals surface area contributed by atoms with E-state index in [0.717, 1.165) is 21.3 Å². The third-order valence-corrected chi connectivity index (χ3v) is 5.00. The monoisotopic (exact) mass is 496 g/mol. The second-order valence-corrected chi connectivity index (χ2v) is 7.55. The molecule has 0 radical (unpaired) electrons. The Labute approximate surface area is 196 Å². The summed E-state index contributed by atoms with van der Waals surface area (Å²) in [4.78, 5) is 12.5. The molecule has 166 valence electrons. The summed E-state index contributed by atoms with van der Waals surface area (Å²) < 4.78 is 17.9. The minimum Gasteiger partial charge on any atom is -0.493 e. The normalized spacial score (nSPS) is 10.7. The van der Waals surface area contributed by atoms with Gasteiger partial charge in [0, 0.05) is 5.56 Å². The molecule has 0 heterocycles. The Kier molecular flexibility index (Phi) is 8.69. The first kappa shape index (κ1) is 23.3. The van der Waals surface area contributed by atoms with Gasteiger partial charge in [-0.15, -0.1) is 0 Å². The summed E-state index contributed by atoms with van der Waals surface area (Å²) in [5, 5.41) is 4.05. The van der Waals surface area contributed by atoms with E-state index < -0.39 is 0 Å². The number of benzene rings is 3. The van der Waals surface area contributed by atoms with Gasteiger partial charge in [-0.1, -0.05) is 30.3 Å². The molecular weight excluding hydrogens is 472 g/mol. The quantitative estimate of drug-likeness (QED) is 0.293. The van der Waals surface area contributed by atoms with Gasteiger partial charge in [0.25, 0.3) is 5.91 Å². The van der Waals surface area contributed by atoms with Crippen LogP contribution in [0.3, 0.4) is 0 Å². The molecule has 0 bridgehead atoms. The molecule has 32 heavy (non-hydrogen) atoms. The number of ether oxygens (including phenoxy) is 3. The highest BCUT2D eigenvalue weighted by Crippen LogP contribution is 2.29. The van der Waals surface area contributed by atoms with Crippen LogP contribution in [0.2, 0.25) is 0 Å². The molecule has 3 rings (SSSR count). The van der Waals surface area contributed by atoms with Crippen molar-refractivity contribution in [1.82, 2.24) is 5.43 Å². The minimum absolute atomic E-state index is 0.346. The van der Waals surface area contributed by atoms with E-state index in [1.807, 2.05) is 62.4 Å². The van der Waals surface area contributed by atoms with Crippen molar-refractivity contribution in [3.63, 3.8) is 0 Å². The first-order valence-electron chi connectivity index (χ1n) is 10.3. The average molecular weight is 497 g/mol. The zero-order valence-electron chi connectivity index (χ0n) is 18.0. The molecule has 0 aliphatic rings. The van der Waals surface area contributed by atoms with Gasteiger partial charge in [-0.05, 0) is 77.3 Å². The van der Waals surface area contributed by atoms with Crippen LogP contribution < -0.4 is 19.6 Å². The molecule has 1 amide bonds. The number of nitrogens with zero attached hydrogens (tertiary/aromatic N) is 1. The molecule has 0 unspecified atom stereocenters. The second-order valence-electron chi connectivity index (χ2n) is 6.69. The van der Waals surface area contributed by atoms with Crippen molar-refractivity contribution in [2.24, 2.45) is 5.10 Å². The number of hydrogen-bond donors (Lipinski definition) is 1. The molecule has 6 nitrogen and oxygen atoms in total. The average Bonchev–Trinajstić information content (AvgIpc) is 2.81. The first-order valence-corrected chi connectivity index (χ1v) is 11.1. The molecule has 0 aliphatic carbocycles. The molecule has 0 aliphatic heterocycles. The number of carbonyl (C=O) groups excluding carboxylic acids is 1. The number of amides is 1. The number of halogens is 1. The Balaban J connectivity index is 1.64. The van der Waals surface area contributed by atoms with E-state index in [1.54, 1.807) is 24.4 Å². The third kappa shape index (κ3) is 6.59. The minimum atomic E-state index is -0.346. The SMILES string of the molecule is CCOc1ccc(/C=N/NC(=O)c2ccc(OCc3ccccc3)c(OCC)c2)cc1Br. The van der Waals surface area contributed by atoms with Crippen LogP contribution in [0, 0.1) is 0 Å². The number of hydrogen-bond acceptors (Lipinski definition) is 5. The predicted molar refractivity (Wildman–Crippen MR) is 129 cm³/mol. The van der Waals surface area contributed by atoms with Crippen LogP contribution in [-0.4, -0.2) is 25.3 Å². The Bertz CT molecular complexity index is 1070. The highest BCUT2D eigenvalue weighted by Gasteiger charge is 2.12. The van der Waals surface area contributed by atoms with Gasteiger partial charge in [0.1, 0.15) is 12.4 Å². The van der Waals surface area contributed by atoms with Crippen LogP contribution in [0.4, 0.5) is 0 Å². The van der Waals surface area contributed by atoms with Crippen LogP contribution in [0.15, 0.2) is 76.3 Å². The highest BCUT2D eigenvalue weighted by atomic mass is 79.9. The Hall–Kier alpha value is -3.32. The molecule has 0 saturated heterocycles. The number of nitrogens with one attached hydrogen (secondary N) is 1. The van der Waals surface area contributed by atoms with Crippen molar-refractivity contribution in [3.8, 4) is 17.2 Å². The van der Waals surface area contributed by atoms with E-state index in [4.69, 9.17) is 14.2 Å². The molecule has 3 aromatic rings. The van der Waals surface area contributed by atoms with E-state index in [2.05, 4.69) is 26.5 Å². The number of rotatable bonds is 10. The highest BCUT2D eigenvalue weighted by molar-refractivity contribution is 9.10. The van der Waals surface area contributed by atoms with Gasteiger partial charge in [0.15, 0.2) is 11.5 Å². The fourth-order valence-electron chi connectivity index (χ4n) is 2.87. The van der Waals surface area contributed by atoms with Crippen molar-refractivity contribution >= 4 is 28.1 Å². The lowest BCUT2D eigenvalue weighted by Gasteiger charge is -2.13. The van der Waals surface area contributed by atoms with Crippen LogP contribution in [0.25, 0.3) is 0 Å². The standard InChI is InChI=1S/C25H25BrN2O4/c1-3-30-22-12-10-19(14-21(22)26)16-27-28-25(29)20-11-13-23(24(15-20)31-4-2)32-17-18-8-6-5-7-9-18/h5-16H,3-4,17H2,1-2H3,(H,28,29)/b27-16+. The molecule has 7 heteroatoms. The molecule has 3 aromatic carbocycles. The second kappa shape index (κ2) is 11.9. The summed E-state index contributed by atoms with van der Waals surface area (Å²) in [5.74, 6) is 1.50. The van der Waals surface area contributed by atoms with E-state index >= 15 is 0 Å². The van der Waals surface area contributed by atoms with Gasteiger partial charge in [-0.25, -0.2) is 5.43 Å². The summed E-state index contributed by atoms with van der Waals surface area (Å²) in [6.45, 7) is 5.26. The zero-order valence-corrected chi connectivity index (χ0v) is 19.6. The largest absolute Gasteiger partial charge is 0.493 e. The molecule has 0 fully saturated rings. The van der Waals surface area contributed by atoms with E-state index in [0.29, 0.717) is 36.9 Å². The third-order valence-electron chi connectivity index (χ3n) is 4.38. The van der Waals surface area contributed by atoms with E-state index in [-0.39, 0.29) is 5.91 Å². The Morgan fingerprint density at radius 1 is 0.906 bits per heavy atom. The zero-order chi connectivity index (χ0) is 22.8. The predicted octanol–water partition coefficient (Wildman–Crippen LogP) is 5.59. The van der Waals surface area contributed by atoms with Crippen LogP contribution >= 0.6 is 15.9 Å². The van der Waals surface area contributed by atoms with Crippen molar-refractivity contribution in [2.75, 3.05) is 13.2 Å². The lowest BCUT2D eigenvalue weighted by molar-refractivity contribution is 0.0954. The molecule has 1 N–H and O–H groups in total. The molecule has 0 atom stereocenters. The first-order chi connectivity index (χ1) is 15.6. The maximum Gasteiger partial charge on any atom is 0.271 e. The van der Waals surface area contributed by atoms with Gasteiger partial charge in [0.2, 0.25) is 0 Å². The van der Waals surface area contributed by atoms with Crippen molar-refractivity contribution < 1.29 is 19.0 Å². The fraction of sp³-hybridized carbons (Fsp3) is 0.200. The van der Waals surface area contributed by atoms with Gasteiger partial charge in [-0.2, -0.15) is 5.10 Å². The summed E-state index contributed by atoms with van der Waals surface area (Å²) in [6.07, 6.45) is 1.57. The Morgan fingerprint density at radius 2 is 1.62 bits per heavy atom. The number of carbonyl (C=O) groups is 1. The van der Waals surface area contributed by atoms with Gasteiger partial charge in [0.05, 0.1) is 23.9 Å². The number of hydrazone groups is 1. The van der Waals surface area contributed by atoms with Crippen molar-refractivity contribution in [1.29, 1.82) is 0 Å². The van der Waals surface area contributed by atoms with Crippen LogP contribution in [-0.2, 0) is 6.61 Å². The lowest BCUT2D eigenvalue weighted by Crippen LogP contribution is -2.17. The summed E-state index contributed by atoms with van der Waals surface area (Å²) in [7, 11) is 0. The maximum absolute atomic E-state index is 12.5. The van der Waals surface area contributed by atoms with Crippen molar-refractivity contribution in [2.45, 2.75) is 20.5 Å². The fourth-order valence-corrected chi connectivity index (χ4v) is 3.38.